The van der Waals surface area contributed by atoms with Crippen molar-refractivity contribution >= 4 is 29.5 Å². The van der Waals surface area contributed by atoms with Crippen molar-refractivity contribution in [2.75, 3.05) is 7.11 Å². The summed E-state index contributed by atoms with van der Waals surface area (Å²) in [5.74, 6) is -1.38. The summed E-state index contributed by atoms with van der Waals surface area (Å²) in [6.07, 6.45) is -0.974. The number of esters is 2. The number of aromatic nitrogens is 1. The van der Waals surface area contributed by atoms with Gasteiger partial charge in [-0.1, -0.05) is 18.2 Å². The predicted octanol–water partition coefficient (Wildman–Crippen LogP) is 3.71. The fourth-order valence-corrected chi connectivity index (χ4v) is 3.56. The highest BCUT2D eigenvalue weighted by Crippen LogP contribution is 2.25. The Hall–Kier alpha value is -2.54. The van der Waals surface area contributed by atoms with Gasteiger partial charge in [-0.05, 0) is 45.4 Å². The third-order valence-corrected chi connectivity index (χ3v) is 5.21. The zero-order valence-electron chi connectivity index (χ0n) is 16.0. The monoisotopic (exact) mass is 389 g/mol. The number of Topliss-reactive ketones (excluding diaryl/α,β-unsaturated/α-hetero) is 1. The highest BCUT2D eigenvalue weighted by Gasteiger charge is 2.28. The first kappa shape index (κ1) is 20.8. The number of rotatable bonds is 7. The van der Waals surface area contributed by atoms with Crippen molar-refractivity contribution in [1.29, 1.82) is 0 Å². The van der Waals surface area contributed by atoms with Crippen LogP contribution >= 0.6 is 11.8 Å². The molecule has 0 amide bonds. The average Bonchev–Trinajstić information content (AvgIpc) is 2.95. The molecule has 0 saturated carbocycles. The molecule has 2 atom stereocenters. The van der Waals surface area contributed by atoms with E-state index >= 15 is 0 Å². The van der Waals surface area contributed by atoms with Gasteiger partial charge in [0.1, 0.15) is 5.25 Å². The minimum atomic E-state index is -0.974. The maximum atomic E-state index is 12.7. The molecule has 27 heavy (non-hydrogen) atoms. The Balaban J connectivity index is 2.07. The molecule has 2 aromatic rings. The number of carbonyl (C=O) groups excluding carboxylic acids is 3. The van der Waals surface area contributed by atoms with E-state index in [-0.39, 0.29) is 5.69 Å². The van der Waals surface area contributed by atoms with Crippen LogP contribution in [0.5, 0.6) is 0 Å². The number of ether oxygens (including phenoxy) is 2. The van der Waals surface area contributed by atoms with Crippen molar-refractivity contribution in [3.63, 3.8) is 0 Å². The first-order chi connectivity index (χ1) is 12.8. The van der Waals surface area contributed by atoms with E-state index < -0.39 is 29.1 Å². The van der Waals surface area contributed by atoms with Gasteiger partial charge < -0.3 is 14.5 Å². The Kier molecular flexibility index (Phi) is 6.85. The largest absolute Gasteiger partial charge is 0.465 e. The average molecular weight is 389 g/mol. The molecule has 0 radical (unpaired) electrons. The summed E-state index contributed by atoms with van der Waals surface area (Å²) in [4.78, 5) is 40.7. The maximum Gasteiger partial charge on any atom is 0.339 e. The SMILES string of the molecule is COC(=O)c1c(C)[nH]c(C(=O)[C@@H](C)OC(=O)[C@H](C)Sc2ccccc2)c1C. The van der Waals surface area contributed by atoms with Gasteiger partial charge in [-0.15, -0.1) is 11.8 Å². The van der Waals surface area contributed by atoms with Crippen molar-refractivity contribution < 1.29 is 23.9 Å². The van der Waals surface area contributed by atoms with Crippen LogP contribution in [0.4, 0.5) is 0 Å². The van der Waals surface area contributed by atoms with Gasteiger partial charge in [0, 0.05) is 10.6 Å². The van der Waals surface area contributed by atoms with E-state index in [1.54, 1.807) is 20.8 Å². The van der Waals surface area contributed by atoms with Crippen LogP contribution in [-0.2, 0) is 14.3 Å². The number of aromatic amines is 1. The summed E-state index contributed by atoms with van der Waals surface area (Å²) in [6.45, 7) is 6.60. The van der Waals surface area contributed by atoms with Crippen LogP contribution in [0.2, 0.25) is 0 Å². The number of carbonyl (C=O) groups is 3. The highest BCUT2D eigenvalue weighted by atomic mass is 32.2. The molecule has 0 aliphatic rings. The third kappa shape index (κ3) is 4.80. The minimum Gasteiger partial charge on any atom is -0.465 e. The molecule has 144 valence electrons. The minimum absolute atomic E-state index is 0.247. The molecule has 0 spiro atoms. The fraction of sp³-hybridized carbons (Fsp3) is 0.350. The molecule has 0 fully saturated rings. The van der Waals surface area contributed by atoms with Crippen molar-refractivity contribution in [3.8, 4) is 0 Å². The molecule has 0 aliphatic heterocycles. The van der Waals surface area contributed by atoms with Crippen molar-refractivity contribution in [1.82, 2.24) is 4.98 Å². The number of aryl methyl sites for hydroxylation is 1. The Labute approximate surface area is 162 Å². The van der Waals surface area contributed by atoms with Gasteiger partial charge in [0.25, 0.3) is 0 Å². The third-order valence-electron chi connectivity index (χ3n) is 4.12. The van der Waals surface area contributed by atoms with E-state index in [0.29, 0.717) is 16.8 Å². The standard InChI is InChI=1S/C20H23NO5S/c1-11-16(20(24)25-5)12(2)21-17(11)18(22)13(3)26-19(23)14(4)27-15-9-7-6-8-10-15/h6-10,13-14,21H,1-5H3/t13-,14+/m1/s1. The second kappa shape index (κ2) is 8.90. The first-order valence-corrected chi connectivity index (χ1v) is 9.38. The summed E-state index contributed by atoms with van der Waals surface area (Å²) in [7, 11) is 1.28. The normalized spacial score (nSPS) is 12.9. The lowest BCUT2D eigenvalue weighted by Gasteiger charge is -2.16. The van der Waals surface area contributed by atoms with Gasteiger partial charge in [0.15, 0.2) is 6.10 Å². The van der Waals surface area contributed by atoms with E-state index in [2.05, 4.69) is 4.98 Å². The van der Waals surface area contributed by atoms with Gasteiger partial charge in [-0.3, -0.25) is 9.59 Å². The maximum absolute atomic E-state index is 12.7. The van der Waals surface area contributed by atoms with Crippen molar-refractivity contribution in [2.45, 2.75) is 43.9 Å². The molecule has 1 N–H and O–H groups in total. The highest BCUT2D eigenvalue weighted by molar-refractivity contribution is 8.00. The van der Waals surface area contributed by atoms with E-state index in [1.165, 1.54) is 25.8 Å². The number of hydrogen-bond donors (Lipinski definition) is 1. The van der Waals surface area contributed by atoms with Crippen molar-refractivity contribution in [2.24, 2.45) is 0 Å². The van der Waals surface area contributed by atoms with E-state index in [9.17, 15) is 14.4 Å². The fourth-order valence-electron chi connectivity index (χ4n) is 2.68. The molecule has 1 heterocycles. The number of thioether (sulfide) groups is 1. The van der Waals surface area contributed by atoms with Crippen LogP contribution in [0.3, 0.4) is 0 Å². The second-order valence-corrected chi connectivity index (χ2v) is 7.55. The number of benzene rings is 1. The summed E-state index contributed by atoms with van der Waals surface area (Å²) in [5.41, 5.74) is 1.59. The molecule has 0 saturated heterocycles. The van der Waals surface area contributed by atoms with E-state index in [4.69, 9.17) is 9.47 Å². The summed E-state index contributed by atoms with van der Waals surface area (Å²) < 4.78 is 10.1. The number of H-pyrrole nitrogens is 1. The number of ketones is 1. The van der Waals surface area contributed by atoms with Crippen LogP contribution in [-0.4, -0.2) is 41.2 Å². The first-order valence-electron chi connectivity index (χ1n) is 8.50. The Morgan fingerprint density at radius 3 is 2.30 bits per heavy atom. The predicted molar refractivity (Wildman–Crippen MR) is 103 cm³/mol. The second-order valence-electron chi connectivity index (χ2n) is 6.13. The Bertz CT molecular complexity index is 844. The van der Waals surface area contributed by atoms with Crippen LogP contribution in [0.25, 0.3) is 0 Å². The zero-order chi connectivity index (χ0) is 20.1. The van der Waals surface area contributed by atoms with Gasteiger partial charge in [0.2, 0.25) is 5.78 Å². The molecule has 0 unspecified atom stereocenters. The summed E-state index contributed by atoms with van der Waals surface area (Å²) in [6, 6.07) is 9.49. The molecule has 0 bridgehead atoms. The van der Waals surface area contributed by atoms with Crippen LogP contribution in [0.15, 0.2) is 35.2 Å². The molecule has 0 aliphatic carbocycles. The zero-order valence-corrected chi connectivity index (χ0v) is 16.8. The number of nitrogens with one attached hydrogen (secondary N) is 1. The number of hydrogen-bond acceptors (Lipinski definition) is 6. The van der Waals surface area contributed by atoms with Gasteiger partial charge >= 0.3 is 11.9 Å². The molecule has 1 aromatic heterocycles. The quantitative estimate of drug-likeness (QED) is 0.441. The molecular weight excluding hydrogens is 366 g/mol. The molecule has 7 heteroatoms. The van der Waals surface area contributed by atoms with Crippen LogP contribution in [0.1, 0.15) is 46.0 Å². The van der Waals surface area contributed by atoms with Gasteiger partial charge in [-0.2, -0.15) is 0 Å². The number of methoxy groups -OCH3 is 1. The Morgan fingerprint density at radius 2 is 1.70 bits per heavy atom. The lowest BCUT2D eigenvalue weighted by molar-refractivity contribution is -0.145. The lowest BCUT2D eigenvalue weighted by atomic mass is 10.1. The molecular formula is C20H23NO5S. The summed E-state index contributed by atoms with van der Waals surface area (Å²) >= 11 is 1.36. The topological polar surface area (TPSA) is 85.5 Å². The lowest BCUT2D eigenvalue weighted by Crippen LogP contribution is -2.29. The van der Waals surface area contributed by atoms with E-state index in [1.807, 2.05) is 30.3 Å². The van der Waals surface area contributed by atoms with Crippen LogP contribution in [0, 0.1) is 13.8 Å². The van der Waals surface area contributed by atoms with Gasteiger partial charge in [-0.25, -0.2) is 4.79 Å². The van der Waals surface area contributed by atoms with Gasteiger partial charge in [0.05, 0.1) is 18.4 Å². The van der Waals surface area contributed by atoms with Crippen molar-refractivity contribution in [3.05, 3.63) is 52.8 Å². The Morgan fingerprint density at radius 1 is 1.07 bits per heavy atom. The molecule has 2 rings (SSSR count). The summed E-state index contributed by atoms with van der Waals surface area (Å²) in [5, 5.41) is -0.459. The molecule has 6 nitrogen and oxygen atoms in total. The van der Waals surface area contributed by atoms with E-state index in [0.717, 1.165) is 4.90 Å². The molecule has 1 aromatic carbocycles. The van der Waals surface area contributed by atoms with Crippen LogP contribution < -0.4 is 0 Å². The smallest absolute Gasteiger partial charge is 0.339 e.